The first-order valence-corrected chi connectivity index (χ1v) is 7.95. The van der Waals surface area contributed by atoms with E-state index in [9.17, 15) is 0 Å². The quantitative estimate of drug-likeness (QED) is 0.786. The Morgan fingerprint density at radius 2 is 2.10 bits per heavy atom. The van der Waals surface area contributed by atoms with Gasteiger partial charge in [-0.15, -0.1) is 11.3 Å². The largest absolute Gasteiger partial charge is 0.305 e. The van der Waals surface area contributed by atoms with Crippen molar-refractivity contribution in [1.29, 1.82) is 0 Å². The van der Waals surface area contributed by atoms with E-state index in [1.807, 2.05) is 12.4 Å². The highest BCUT2D eigenvalue weighted by atomic mass is 32.1. The van der Waals surface area contributed by atoms with Crippen LogP contribution in [0.4, 0.5) is 0 Å². The molecule has 1 aromatic carbocycles. The molecule has 0 aliphatic carbocycles. The maximum Gasteiger partial charge on any atom is 0.0900 e. The summed E-state index contributed by atoms with van der Waals surface area (Å²) in [6.07, 6.45) is 3.77. The zero-order chi connectivity index (χ0) is 14.8. The van der Waals surface area contributed by atoms with Crippen molar-refractivity contribution in [3.05, 3.63) is 57.8 Å². The second-order valence-electron chi connectivity index (χ2n) is 5.30. The van der Waals surface area contributed by atoms with Crippen LogP contribution in [0.5, 0.6) is 0 Å². The second kappa shape index (κ2) is 5.92. The van der Waals surface area contributed by atoms with Gasteiger partial charge in [-0.05, 0) is 37.8 Å². The van der Waals surface area contributed by atoms with Gasteiger partial charge in [0.1, 0.15) is 0 Å². The number of nitrogens with one attached hydrogen (secondary N) is 1. The fraction of sp³-hybridized carbons (Fsp3) is 0.294. The van der Waals surface area contributed by atoms with Crippen molar-refractivity contribution in [2.24, 2.45) is 0 Å². The average molecular weight is 297 g/mol. The maximum absolute atomic E-state index is 4.51. The van der Waals surface area contributed by atoms with Gasteiger partial charge in [0.15, 0.2) is 0 Å². The van der Waals surface area contributed by atoms with E-state index in [1.165, 1.54) is 21.2 Å². The van der Waals surface area contributed by atoms with E-state index in [-0.39, 0.29) is 0 Å². The molecule has 0 aliphatic heterocycles. The molecule has 0 aliphatic rings. The third-order valence-electron chi connectivity index (χ3n) is 3.70. The third kappa shape index (κ3) is 2.96. The van der Waals surface area contributed by atoms with E-state index in [1.54, 1.807) is 11.3 Å². The molecule has 3 rings (SSSR count). The number of aryl methyl sites for hydroxylation is 2. The molecule has 0 bridgehead atoms. The highest BCUT2D eigenvalue weighted by Crippen LogP contribution is 2.25. The minimum Gasteiger partial charge on any atom is -0.305 e. The topological polar surface area (TPSA) is 37.8 Å². The van der Waals surface area contributed by atoms with Gasteiger partial charge in [0.25, 0.3) is 0 Å². The van der Waals surface area contributed by atoms with Crippen LogP contribution in [0.15, 0.2) is 36.7 Å². The van der Waals surface area contributed by atoms with E-state index < -0.39 is 0 Å². The highest BCUT2D eigenvalue weighted by molar-refractivity contribution is 7.11. The van der Waals surface area contributed by atoms with E-state index in [4.69, 9.17) is 0 Å². The van der Waals surface area contributed by atoms with Crippen molar-refractivity contribution >= 4 is 22.1 Å². The predicted octanol–water partition coefficient (Wildman–Crippen LogP) is 4.16. The van der Waals surface area contributed by atoms with Gasteiger partial charge in [0, 0.05) is 35.2 Å². The van der Waals surface area contributed by atoms with Crippen molar-refractivity contribution in [2.75, 3.05) is 0 Å². The van der Waals surface area contributed by atoms with Gasteiger partial charge >= 0.3 is 0 Å². The summed E-state index contributed by atoms with van der Waals surface area (Å²) >= 11 is 1.78. The molecule has 1 N–H and O–H groups in total. The molecule has 0 radical (unpaired) electrons. The molecule has 3 nitrogen and oxygen atoms in total. The Kier molecular flexibility index (Phi) is 3.99. The number of fused-ring (bicyclic) bond motifs is 1. The lowest BCUT2D eigenvalue weighted by molar-refractivity contribution is 0.581. The van der Waals surface area contributed by atoms with Crippen LogP contribution in [0.25, 0.3) is 10.8 Å². The number of pyridine rings is 1. The summed E-state index contributed by atoms with van der Waals surface area (Å²) in [7, 11) is 0. The lowest BCUT2D eigenvalue weighted by Gasteiger charge is -2.14. The Morgan fingerprint density at radius 1 is 1.24 bits per heavy atom. The Hall–Kier alpha value is -1.78. The first-order chi connectivity index (χ1) is 10.1. The number of benzene rings is 1. The zero-order valence-electron chi connectivity index (χ0n) is 12.6. The fourth-order valence-electron chi connectivity index (χ4n) is 2.65. The molecular formula is C17H19N3S. The smallest absolute Gasteiger partial charge is 0.0900 e. The van der Waals surface area contributed by atoms with Gasteiger partial charge in [0.2, 0.25) is 0 Å². The minimum atomic E-state index is 0.313. The molecule has 0 fully saturated rings. The van der Waals surface area contributed by atoms with Crippen molar-refractivity contribution in [1.82, 2.24) is 15.3 Å². The Labute approximate surface area is 129 Å². The highest BCUT2D eigenvalue weighted by Gasteiger charge is 2.12. The summed E-state index contributed by atoms with van der Waals surface area (Å²) in [6, 6.07) is 8.76. The molecular weight excluding hydrogens is 278 g/mol. The standard InChI is InChI=1S/C17H19N3S/c1-11(17-12(2)20-13(3)21-17)19-10-15-6-4-5-14-9-18-8-7-16(14)15/h4-9,11,19H,10H2,1-3H3. The van der Waals surface area contributed by atoms with Gasteiger partial charge < -0.3 is 5.32 Å². The molecule has 3 aromatic rings. The van der Waals surface area contributed by atoms with Crippen LogP contribution < -0.4 is 5.32 Å². The molecule has 1 atom stereocenters. The summed E-state index contributed by atoms with van der Waals surface area (Å²) in [5.74, 6) is 0. The van der Waals surface area contributed by atoms with Crippen LogP contribution >= 0.6 is 11.3 Å². The van der Waals surface area contributed by atoms with Crippen LogP contribution in [0.1, 0.15) is 34.1 Å². The number of rotatable bonds is 4. The summed E-state index contributed by atoms with van der Waals surface area (Å²) < 4.78 is 0. The SMILES string of the molecule is Cc1nc(C)c(C(C)NCc2cccc3cnccc23)s1. The molecule has 0 saturated carbocycles. The number of thiazole rings is 1. The molecule has 108 valence electrons. The van der Waals surface area contributed by atoms with Crippen molar-refractivity contribution in [3.8, 4) is 0 Å². The van der Waals surface area contributed by atoms with Crippen LogP contribution in [0.3, 0.4) is 0 Å². The number of hydrogen-bond acceptors (Lipinski definition) is 4. The molecule has 2 heterocycles. The van der Waals surface area contributed by atoms with Crippen LogP contribution in [-0.2, 0) is 6.54 Å². The summed E-state index contributed by atoms with van der Waals surface area (Å²) in [4.78, 5) is 10.0. The van der Waals surface area contributed by atoms with Gasteiger partial charge in [-0.2, -0.15) is 0 Å². The molecule has 1 unspecified atom stereocenters. The molecule has 0 saturated heterocycles. The van der Waals surface area contributed by atoms with Crippen molar-refractivity contribution in [2.45, 2.75) is 33.4 Å². The number of nitrogens with zero attached hydrogens (tertiary/aromatic N) is 2. The van der Waals surface area contributed by atoms with E-state index in [0.29, 0.717) is 6.04 Å². The van der Waals surface area contributed by atoms with Crippen LogP contribution in [0, 0.1) is 13.8 Å². The first kappa shape index (κ1) is 14.2. The Morgan fingerprint density at radius 3 is 2.86 bits per heavy atom. The Balaban J connectivity index is 1.79. The average Bonchev–Trinajstić information content (AvgIpc) is 2.83. The lowest BCUT2D eigenvalue weighted by atomic mass is 10.1. The van der Waals surface area contributed by atoms with Crippen molar-refractivity contribution < 1.29 is 0 Å². The maximum atomic E-state index is 4.51. The van der Waals surface area contributed by atoms with Gasteiger partial charge in [-0.1, -0.05) is 18.2 Å². The van der Waals surface area contributed by atoms with Gasteiger partial charge in [0.05, 0.1) is 10.7 Å². The molecule has 21 heavy (non-hydrogen) atoms. The van der Waals surface area contributed by atoms with E-state index in [2.05, 4.69) is 60.3 Å². The molecule has 2 aromatic heterocycles. The number of hydrogen-bond donors (Lipinski definition) is 1. The summed E-state index contributed by atoms with van der Waals surface area (Å²) in [6.45, 7) is 7.19. The van der Waals surface area contributed by atoms with Crippen molar-refractivity contribution in [3.63, 3.8) is 0 Å². The third-order valence-corrected chi connectivity index (χ3v) is 4.96. The lowest BCUT2D eigenvalue weighted by Crippen LogP contribution is -2.18. The summed E-state index contributed by atoms with van der Waals surface area (Å²) in [5, 5.41) is 7.20. The van der Waals surface area contributed by atoms with Crippen LogP contribution in [0.2, 0.25) is 0 Å². The minimum absolute atomic E-state index is 0.313. The first-order valence-electron chi connectivity index (χ1n) is 7.14. The van der Waals surface area contributed by atoms with E-state index >= 15 is 0 Å². The fourth-order valence-corrected chi connectivity index (χ4v) is 3.60. The summed E-state index contributed by atoms with van der Waals surface area (Å²) in [5.41, 5.74) is 2.44. The molecule has 0 spiro atoms. The number of aromatic nitrogens is 2. The monoisotopic (exact) mass is 297 g/mol. The predicted molar refractivity (Wildman–Crippen MR) is 88.6 cm³/mol. The second-order valence-corrected chi connectivity index (χ2v) is 6.53. The molecule has 0 amide bonds. The van der Waals surface area contributed by atoms with Crippen LogP contribution in [-0.4, -0.2) is 9.97 Å². The van der Waals surface area contributed by atoms with Gasteiger partial charge in [-0.25, -0.2) is 4.98 Å². The zero-order valence-corrected chi connectivity index (χ0v) is 13.4. The van der Waals surface area contributed by atoms with E-state index in [0.717, 1.165) is 17.2 Å². The normalized spacial score (nSPS) is 12.7. The Bertz CT molecular complexity index is 758. The van der Waals surface area contributed by atoms with Gasteiger partial charge in [-0.3, -0.25) is 4.98 Å². The molecule has 4 heteroatoms.